The highest BCUT2D eigenvalue weighted by Gasteiger charge is 2.35. The van der Waals surface area contributed by atoms with Crippen LogP contribution in [0.1, 0.15) is 36.0 Å². The van der Waals surface area contributed by atoms with Crippen molar-refractivity contribution in [1.29, 1.82) is 0 Å². The molecule has 0 radical (unpaired) electrons. The zero-order valence-corrected chi connectivity index (χ0v) is 20.0. The Labute approximate surface area is 204 Å². The largest absolute Gasteiger partial charge is 0.376 e. The van der Waals surface area contributed by atoms with Gasteiger partial charge in [-0.3, -0.25) is 13.9 Å². The minimum atomic E-state index is -3.65. The molecule has 0 unspecified atom stereocenters. The fraction of sp³-hybridized carbons (Fsp3) is 0.308. The third-order valence-corrected chi connectivity index (χ3v) is 8.26. The Hall–Kier alpha value is -3.43. The van der Waals surface area contributed by atoms with Crippen molar-refractivity contribution in [3.63, 3.8) is 0 Å². The monoisotopic (exact) mass is 493 g/mol. The highest BCUT2D eigenvalue weighted by atomic mass is 32.2. The lowest BCUT2D eigenvalue weighted by Crippen LogP contribution is -2.32. The highest BCUT2D eigenvalue weighted by Crippen LogP contribution is 2.42. The van der Waals surface area contributed by atoms with Crippen LogP contribution in [0.15, 0.2) is 65.6 Å². The van der Waals surface area contributed by atoms with Crippen LogP contribution in [0.4, 0.5) is 11.4 Å². The molecule has 0 aliphatic carbocycles. The van der Waals surface area contributed by atoms with E-state index >= 15 is 0 Å². The number of nitrogens with one attached hydrogen (secondary N) is 2. The molecule has 9 heteroatoms. The molecule has 182 valence electrons. The van der Waals surface area contributed by atoms with E-state index in [4.69, 9.17) is 4.74 Å². The van der Waals surface area contributed by atoms with E-state index in [0.29, 0.717) is 41.4 Å². The van der Waals surface area contributed by atoms with Gasteiger partial charge in [-0.05, 0) is 48.9 Å². The Morgan fingerprint density at radius 2 is 1.83 bits per heavy atom. The van der Waals surface area contributed by atoms with Crippen molar-refractivity contribution >= 4 is 44.0 Å². The molecular formula is C26H27N3O5S. The summed E-state index contributed by atoms with van der Waals surface area (Å²) >= 11 is 0. The van der Waals surface area contributed by atoms with E-state index in [-0.39, 0.29) is 30.9 Å². The number of carbonyl (C=O) groups excluding carboxylic acids is 2. The Morgan fingerprint density at radius 1 is 1.03 bits per heavy atom. The van der Waals surface area contributed by atoms with Crippen LogP contribution in [-0.4, -0.2) is 46.0 Å². The van der Waals surface area contributed by atoms with Crippen LogP contribution in [0.3, 0.4) is 0 Å². The summed E-state index contributed by atoms with van der Waals surface area (Å²) in [6.07, 6.45) is 2.39. The highest BCUT2D eigenvalue weighted by molar-refractivity contribution is 7.93. The van der Waals surface area contributed by atoms with Crippen LogP contribution in [0.2, 0.25) is 0 Å². The van der Waals surface area contributed by atoms with Gasteiger partial charge in [0.05, 0.1) is 27.9 Å². The second-order valence-corrected chi connectivity index (χ2v) is 10.6. The number of amides is 2. The molecule has 1 saturated heterocycles. The van der Waals surface area contributed by atoms with Crippen LogP contribution in [-0.2, 0) is 19.6 Å². The van der Waals surface area contributed by atoms with Crippen LogP contribution >= 0.6 is 0 Å². The van der Waals surface area contributed by atoms with Crippen LogP contribution in [0.5, 0.6) is 0 Å². The first-order chi connectivity index (χ1) is 16.9. The average Bonchev–Trinajstić information content (AvgIpc) is 3.45. The van der Waals surface area contributed by atoms with E-state index in [9.17, 15) is 18.0 Å². The van der Waals surface area contributed by atoms with Gasteiger partial charge in [-0.1, -0.05) is 36.4 Å². The Morgan fingerprint density at radius 3 is 2.63 bits per heavy atom. The van der Waals surface area contributed by atoms with Gasteiger partial charge in [0.2, 0.25) is 5.91 Å². The van der Waals surface area contributed by atoms with Gasteiger partial charge in [-0.25, -0.2) is 8.42 Å². The summed E-state index contributed by atoms with van der Waals surface area (Å²) in [5.74, 6) is -0.554. The van der Waals surface area contributed by atoms with Gasteiger partial charge in [0.25, 0.3) is 15.9 Å². The Bertz CT molecular complexity index is 1380. The number of sulfonamides is 1. The zero-order valence-electron chi connectivity index (χ0n) is 19.2. The van der Waals surface area contributed by atoms with E-state index in [0.717, 1.165) is 23.6 Å². The number of carbonyl (C=O) groups is 2. The molecule has 2 N–H and O–H groups in total. The summed E-state index contributed by atoms with van der Waals surface area (Å²) in [5.41, 5.74) is 1.45. The van der Waals surface area contributed by atoms with Crippen LogP contribution in [0, 0.1) is 0 Å². The van der Waals surface area contributed by atoms with Gasteiger partial charge in [-0.15, -0.1) is 0 Å². The van der Waals surface area contributed by atoms with E-state index in [1.807, 2.05) is 18.2 Å². The summed E-state index contributed by atoms with van der Waals surface area (Å²) < 4.78 is 33.1. The molecular weight excluding hydrogens is 466 g/mol. The summed E-state index contributed by atoms with van der Waals surface area (Å²) in [6.45, 7) is 1.33. The maximum absolute atomic E-state index is 13.1. The van der Waals surface area contributed by atoms with Crippen molar-refractivity contribution in [1.82, 2.24) is 5.32 Å². The minimum Gasteiger partial charge on any atom is -0.376 e. The average molecular weight is 494 g/mol. The van der Waals surface area contributed by atoms with Gasteiger partial charge in [0.15, 0.2) is 0 Å². The van der Waals surface area contributed by atoms with Gasteiger partial charge in [0.1, 0.15) is 0 Å². The standard InChI is InChI=1S/C26H27N3O5S/c30-24(28-21-11-2-1-10-20(21)26(31)27-17-19-9-6-16-34-19)14-5-15-29-22-12-3-7-18-8-4-13-23(25(18)22)35(29,32)33/h1-4,7-8,10-13,19H,5-6,9,14-17H2,(H,27,31)(H,28,30)/t19-/m0/s1. The third-order valence-electron chi connectivity index (χ3n) is 6.41. The van der Waals surface area contributed by atoms with Gasteiger partial charge in [0, 0.05) is 31.5 Å². The second kappa shape index (κ2) is 9.67. The first-order valence-corrected chi connectivity index (χ1v) is 13.2. The summed E-state index contributed by atoms with van der Waals surface area (Å²) in [6, 6.07) is 17.6. The predicted octanol–water partition coefficient (Wildman–Crippen LogP) is 3.68. The number of nitrogens with zero attached hydrogens (tertiary/aromatic N) is 1. The molecule has 1 fully saturated rings. The number of para-hydroxylation sites is 1. The van der Waals surface area contributed by atoms with Gasteiger partial charge >= 0.3 is 0 Å². The summed E-state index contributed by atoms with van der Waals surface area (Å²) in [5, 5.41) is 7.27. The van der Waals surface area contributed by atoms with E-state index in [1.165, 1.54) is 4.31 Å². The quantitative estimate of drug-likeness (QED) is 0.498. The molecule has 2 aliphatic rings. The molecule has 1 atom stereocenters. The van der Waals surface area contributed by atoms with Crippen LogP contribution in [0.25, 0.3) is 10.8 Å². The molecule has 35 heavy (non-hydrogen) atoms. The predicted molar refractivity (Wildman–Crippen MR) is 134 cm³/mol. The van der Waals surface area contributed by atoms with Crippen LogP contribution < -0.4 is 14.9 Å². The lowest BCUT2D eigenvalue weighted by molar-refractivity contribution is -0.116. The first kappa shape index (κ1) is 23.3. The third kappa shape index (κ3) is 4.61. The normalized spacial score (nSPS) is 18.1. The molecule has 2 heterocycles. The molecule has 0 spiro atoms. The van der Waals surface area contributed by atoms with E-state index in [2.05, 4.69) is 10.6 Å². The zero-order chi connectivity index (χ0) is 24.4. The minimum absolute atomic E-state index is 0.0274. The van der Waals surface area contributed by atoms with Gasteiger partial charge < -0.3 is 15.4 Å². The van der Waals surface area contributed by atoms with Gasteiger partial charge in [-0.2, -0.15) is 0 Å². The second-order valence-electron chi connectivity index (χ2n) is 8.75. The fourth-order valence-corrected chi connectivity index (χ4v) is 6.44. The SMILES string of the molecule is O=C(CCCN1c2cccc3cccc(c23)S1(=O)=O)Nc1ccccc1C(=O)NC[C@@H]1CCCO1. The number of rotatable bonds is 8. The van der Waals surface area contributed by atoms with Crippen molar-refractivity contribution in [2.45, 2.75) is 36.7 Å². The maximum Gasteiger partial charge on any atom is 0.265 e. The molecule has 2 aliphatic heterocycles. The smallest absolute Gasteiger partial charge is 0.265 e. The summed E-state index contributed by atoms with van der Waals surface area (Å²) in [4.78, 5) is 25.6. The lowest BCUT2D eigenvalue weighted by Gasteiger charge is -2.18. The molecule has 8 nitrogen and oxygen atoms in total. The molecule has 3 aromatic carbocycles. The van der Waals surface area contributed by atoms with Crippen molar-refractivity contribution in [2.24, 2.45) is 0 Å². The molecule has 5 rings (SSSR count). The molecule has 0 aromatic heterocycles. The van der Waals surface area contributed by atoms with Crippen molar-refractivity contribution < 1.29 is 22.7 Å². The molecule has 0 bridgehead atoms. The molecule has 3 aromatic rings. The summed E-state index contributed by atoms with van der Waals surface area (Å²) in [7, 11) is -3.65. The lowest BCUT2D eigenvalue weighted by atomic mass is 10.1. The fourth-order valence-electron chi connectivity index (χ4n) is 4.69. The number of hydrogen-bond acceptors (Lipinski definition) is 5. The first-order valence-electron chi connectivity index (χ1n) is 11.8. The molecule has 2 amide bonds. The van der Waals surface area contributed by atoms with E-state index < -0.39 is 10.0 Å². The number of ether oxygens (including phenoxy) is 1. The molecule has 0 saturated carbocycles. The van der Waals surface area contributed by atoms with Crippen molar-refractivity contribution in [2.75, 3.05) is 29.3 Å². The Balaban J connectivity index is 1.20. The topological polar surface area (TPSA) is 105 Å². The van der Waals surface area contributed by atoms with E-state index in [1.54, 1.807) is 42.5 Å². The number of benzene rings is 3. The number of hydrogen-bond donors (Lipinski definition) is 2. The maximum atomic E-state index is 13.1. The van der Waals surface area contributed by atoms with Crippen molar-refractivity contribution in [3.8, 4) is 0 Å². The van der Waals surface area contributed by atoms with Crippen molar-refractivity contribution in [3.05, 3.63) is 66.2 Å². The Kier molecular flexibility index (Phi) is 6.44. The number of anilines is 2.